The highest BCUT2D eigenvalue weighted by molar-refractivity contribution is 6.28. The van der Waals surface area contributed by atoms with E-state index in [1.807, 2.05) is 6.20 Å². The first-order valence-corrected chi connectivity index (χ1v) is 7.78. The van der Waals surface area contributed by atoms with Gasteiger partial charge in [-0.2, -0.15) is 4.98 Å². The van der Waals surface area contributed by atoms with E-state index >= 15 is 0 Å². The summed E-state index contributed by atoms with van der Waals surface area (Å²) >= 11 is 5.99. The van der Waals surface area contributed by atoms with Crippen molar-refractivity contribution < 1.29 is 9.47 Å². The van der Waals surface area contributed by atoms with Crippen molar-refractivity contribution in [2.24, 2.45) is 0 Å². The molecule has 0 aliphatic carbocycles. The van der Waals surface area contributed by atoms with E-state index in [-0.39, 0.29) is 0 Å². The molecule has 0 aromatic carbocycles. The molecule has 116 valence electrons. The quantitative estimate of drug-likeness (QED) is 0.787. The van der Waals surface area contributed by atoms with Gasteiger partial charge in [-0.25, -0.2) is 4.98 Å². The van der Waals surface area contributed by atoms with Gasteiger partial charge < -0.3 is 19.3 Å². The molecule has 0 atom stereocenters. The summed E-state index contributed by atoms with van der Waals surface area (Å²) < 4.78 is 10.7. The smallest absolute Gasteiger partial charge is 0.224 e. The van der Waals surface area contributed by atoms with Crippen molar-refractivity contribution in [2.75, 3.05) is 56.4 Å². The van der Waals surface area contributed by atoms with Crippen LogP contribution in [0.15, 0.2) is 6.20 Å². The molecule has 3 heterocycles. The number of anilines is 2. The molecule has 0 saturated carbocycles. The fourth-order valence-electron chi connectivity index (χ4n) is 3.03. The lowest BCUT2D eigenvalue weighted by molar-refractivity contribution is 0.0843. The molecule has 1 aromatic heterocycles. The molecular weight excluding hydrogens is 292 g/mol. The van der Waals surface area contributed by atoms with Gasteiger partial charge in [-0.1, -0.05) is 0 Å². The fraction of sp³-hybridized carbons (Fsp3) is 0.714. The van der Waals surface area contributed by atoms with Crippen LogP contribution in [0.3, 0.4) is 0 Å². The molecule has 7 heteroatoms. The molecule has 2 aliphatic rings. The first-order valence-electron chi connectivity index (χ1n) is 7.40. The third-order valence-corrected chi connectivity index (χ3v) is 4.32. The van der Waals surface area contributed by atoms with Crippen LogP contribution in [0.4, 0.5) is 11.5 Å². The van der Waals surface area contributed by atoms with Gasteiger partial charge >= 0.3 is 0 Å². The maximum absolute atomic E-state index is 5.99. The van der Waals surface area contributed by atoms with Crippen LogP contribution in [0.1, 0.15) is 12.8 Å². The van der Waals surface area contributed by atoms with Crippen LogP contribution in [0.5, 0.6) is 0 Å². The van der Waals surface area contributed by atoms with E-state index in [0.29, 0.717) is 17.9 Å². The van der Waals surface area contributed by atoms with Crippen molar-refractivity contribution in [3.8, 4) is 0 Å². The Hall–Kier alpha value is -1.11. The van der Waals surface area contributed by atoms with Gasteiger partial charge in [0.25, 0.3) is 0 Å². The Morgan fingerprint density at radius 1 is 1.38 bits per heavy atom. The topological polar surface area (TPSA) is 50.7 Å². The molecule has 0 amide bonds. The summed E-state index contributed by atoms with van der Waals surface area (Å²) in [7, 11) is 1.71. The van der Waals surface area contributed by atoms with Crippen LogP contribution in [0.25, 0.3) is 0 Å². The molecule has 0 unspecified atom stereocenters. The number of fused-ring (bicyclic) bond motifs is 1. The summed E-state index contributed by atoms with van der Waals surface area (Å²) in [6.45, 7) is 5.07. The molecule has 1 fully saturated rings. The summed E-state index contributed by atoms with van der Waals surface area (Å²) in [6, 6.07) is 0.506. The number of aromatic nitrogens is 2. The predicted molar refractivity (Wildman–Crippen MR) is 82.3 cm³/mol. The van der Waals surface area contributed by atoms with Gasteiger partial charge in [-0.05, 0) is 24.4 Å². The van der Waals surface area contributed by atoms with Gasteiger partial charge in [0.1, 0.15) is 0 Å². The number of hydrogen-bond acceptors (Lipinski definition) is 6. The summed E-state index contributed by atoms with van der Waals surface area (Å²) in [4.78, 5) is 13.3. The van der Waals surface area contributed by atoms with E-state index in [2.05, 4.69) is 19.8 Å². The van der Waals surface area contributed by atoms with E-state index in [4.69, 9.17) is 21.1 Å². The van der Waals surface area contributed by atoms with Gasteiger partial charge in [0, 0.05) is 46.0 Å². The van der Waals surface area contributed by atoms with Crippen LogP contribution in [0.2, 0.25) is 5.28 Å². The third kappa shape index (κ3) is 3.22. The maximum atomic E-state index is 5.99. The van der Waals surface area contributed by atoms with Crippen molar-refractivity contribution in [3.63, 3.8) is 0 Å². The number of halogens is 1. The number of hydrogen-bond donors (Lipinski definition) is 0. The molecular formula is C14H21ClN4O2. The monoisotopic (exact) mass is 312 g/mol. The molecule has 0 bridgehead atoms. The zero-order valence-electron chi connectivity index (χ0n) is 12.3. The molecule has 3 rings (SSSR count). The highest BCUT2D eigenvalue weighted by Crippen LogP contribution is 2.34. The average Bonchev–Trinajstić information content (AvgIpc) is 2.53. The van der Waals surface area contributed by atoms with Crippen LogP contribution in [-0.2, 0) is 9.47 Å². The van der Waals surface area contributed by atoms with Gasteiger partial charge in [0.2, 0.25) is 5.28 Å². The number of methoxy groups -OCH3 is 1. The molecule has 0 N–H and O–H groups in total. The summed E-state index contributed by atoms with van der Waals surface area (Å²) in [5.74, 6) is 0.921. The molecule has 0 radical (unpaired) electrons. The minimum Gasteiger partial charge on any atom is -0.383 e. The molecule has 0 spiro atoms. The fourth-order valence-corrected chi connectivity index (χ4v) is 3.16. The summed E-state index contributed by atoms with van der Waals surface area (Å²) in [5, 5.41) is 0.296. The van der Waals surface area contributed by atoms with E-state index in [9.17, 15) is 0 Å². The number of rotatable bonds is 4. The van der Waals surface area contributed by atoms with Crippen molar-refractivity contribution in [1.29, 1.82) is 0 Å². The Morgan fingerprint density at radius 3 is 2.95 bits per heavy atom. The molecule has 1 saturated heterocycles. The Morgan fingerprint density at radius 2 is 2.19 bits per heavy atom. The summed E-state index contributed by atoms with van der Waals surface area (Å²) in [5.41, 5.74) is 1.08. The minimum atomic E-state index is 0.296. The lowest BCUT2D eigenvalue weighted by Gasteiger charge is -2.42. The van der Waals surface area contributed by atoms with Crippen molar-refractivity contribution in [2.45, 2.75) is 18.9 Å². The Kier molecular flexibility index (Phi) is 4.77. The van der Waals surface area contributed by atoms with Gasteiger partial charge in [0.15, 0.2) is 5.82 Å². The van der Waals surface area contributed by atoms with Gasteiger partial charge in [-0.15, -0.1) is 0 Å². The standard InChI is InChI=1S/C14H21ClN4O2/c1-20-9-6-18-4-5-19(11-2-7-21-8-3-11)12-10-16-14(15)17-13(12)18/h10-11H,2-9H2,1H3. The zero-order chi connectivity index (χ0) is 14.7. The van der Waals surface area contributed by atoms with E-state index in [1.54, 1.807) is 7.11 Å². The van der Waals surface area contributed by atoms with Gasteiger partial charge in [-0.3, -0.25) is 0 Å². The Labute approximate surface area is 130 Å². The average molecular weight is 313 g/mol. The Balaban J connectivity index is 1.85. The van der Waals surface area contributed by atoms with Crippen LogP contribution < -0.4 is 9.80 Å². The SMILES string of the molecule is COCCN1CCN(C2CCOCC2)c2cnc(Cl)nc21. The number of nitrogens with zero attached hydrogens (tertiary/aromatic N) is 4. The molecule has 6 nitrogen and oxygen atoms in total. The minimum absolute atomic E-state index is 0.296. The second-order valence-electron chi connectivity index (χ2n) is 5.36. The predicted octanol–water partition coefficient (Wildman–Crippen LogP) is 1.58. The molecule has 1 aromatic rings. The van der Waals surface area contributed by atoms with Crippen LogP contribution in [-0.4, -0.2) is 62.6 Å². The van der Waals surface area contributed by atoms with Crippen molar-refractivity contribution >= 4 is 23.1 Å². The third-order valence-electron chi connectivity index (χ3n) is 4.14. The first-order chi connectivity index (χ1) is 10.3. The maximum Gasteiger partial charge on any atom is 0.224 e. The van der Waals surface area contributed by atoms with Crippen LogP contribution >= 0.6 is 11.6 Å². The second kappa shape index (κ2) is 6.77. The summed E-state index contributed by atoms with van der Waals surface area (Å²) in [6.07, 6.45) is 3.96. The van der Waals surface area contributed by atoms with E-state index < -0.39 is 0 Å². The lowest BCUT2D eigenvalue weighted by Crippen LogP contribution is -2.49. The highest BCUT2D eigenvalue weighted by Gasteiger charge is 2.30. The second-order valence-corrected chi connectivity index (χ2v) is 5.70. The van der Waals surface area contributed by atoms with E-state index in [0.717, 1.165) is 57.2 Å². The van der Waals surface area contributed by atoms with Gasteiger partial charge in [0.05, 0.1) is 18.5 Å². The zero-order valence-corrected chi connectivity index (χ0v) is 13.1. The largest absolute Gasteiger partial charge is 0.383 e. The Bertz CT molecular complexity index is 482. The first kappa shape index (κ1) is 14.8. The van der Waals surface area contributed by atoms with Crippen molar-refractivity contribution in [1.82, 2.24) is 9.97 Å². The molecule has 21 heavy (non-hydrogen) atoms. The normalized spacial score (nSPS) is 19.7. The highest BCUT2D eigenvalue weighted by atomic mass is 35.5. The van der Waals surface area contributed by atoms with Crippen molar-refractivity contribution in [3.05, 3.63) is 11.5 Å². The van der Waals surface area contributed by atoms with E-state index in [1.165, 1.54) is 0 Å². The molecule has 2 aliphatic heterocycles. The lowest BCUT2D eigenvalue weighted by atomic mass is 10.1. The van der Waals surface area contributed by atoms with Crippen LogP contribution in [0, 0.1) is 0 Å². The number of ether oxygens (including phenoxy) is 2.